The van der Waals surface area contributed by atoms with Gasteiger partial charge in [0.05, 0.1) is 62.5 Å². The van der Waals surface area contributed by atoms with E-state index in [0.29, 0.717) is 37.3 Å². The SMILES string of the molecule is COc1ccc(COc2cc(N3CCOCC3)cc3ncnc(Cl)c23)cc1.COc1ccc(COc2cc(N3CCOCC3)cc3ncncc23)cc1. The molecule has 0 radical (unpaired) electrons. The predicted octanol–water partition coefficient (Wildman–Crippen LogP) is 6.76. The number of hydrogen-bond donors (Lipinski definition) is 0. The summed E-state index contributed by atoms with van der Waals surface area (Å²) in [5.74, 6) is 3.12. The van der Waals surface area contributed by atoms with Gasteiger partial charge in [-0.1, -0.05) is 35.9 Å². The molecule has 0 unspecified atom stereocenters. The lowest BCUT2D eigenvalue weighted by Crippen LogP contribution is -2.36. The minimum absolute atomic E-state index is 0.387. The van der Waals surface area contributed by atoms with Crippen molar-refractivity contribution >= 4 is 44.8 Å². The molecule has 0 N–H and O–H groups in total. The average Bonchev–Trinajstić information content (AvgIpc) is 3.23. The van der Waals surface area contributed by atoms with Crippen molar-refractivity contribution in [3.8, 4) is 23.0 Å². The number of methoxy groups -OCH3 is 2. The lowest BCUT2D eigenvalue weighted by atomic mass is 10.1. The molecule has 13 heteroatoms. The Morgan fingerprint density at radius 2 is 1.13 bits per heavy atom. The van der Waals surface area contributed by atoms with Crippen LogP contribution < -0.4 is 28.7 Å². The van der Waals surface area contributed by atoms with E-state index in [1.807, 2.05) is 60.7 Å². The monoisotopic (exact) mass is 736 g/mol. The van der Waals surface area contributed by atoms with Crippen LogP contribution in [0.15, 0.2) is 91.6 Å². The van der Waals surface area contributed by atoms with Gasteiger partial charge < -0.3 is 38.2 Å². The molecule has 0 bridgehead atoms. The predicted molar refractivity (Wildman–Crippen MR) is 205 cm³/mol. The second-order valence-corrected chi connectivity index (χ2v) is 12.7. The average molecular weight is 737 g/mol. The molecule has 53 heavy (non-hydrogen) atoms. The topological polar surface area (TPSA) is 113 Å². The summed E-state index contributed by atoms with van der Waals surface area (Å²) in [6.45, 7) is 7.20. The normalized spacial score (nSPS) is 14.4. The third kappa shape index (κ3) is 8.97. The maximum absolute atomic E-state index is 6.34. The number of aromatic nitrogens is 4. The van der Waals surface area contributed by atoms with Crippen LogP contribution in [-0.2, 0) is 22.7 Å². The van der Waals surface area contributed by atoms with Crippen LogP contribution in [0.4, 0.5) is 11.4 Å². The van der Waals surface area contributed by atoms with Crippen molar-refractivity contribution in [1.29, 1.82) is 0 Å². The van der Waals surface area contributed by atoms with Gasteiger partial charge in [-0.15, -0.1) is 0 Å². The Balaban J connectivity index is 0.000000164. The Bertz CT molecular complexity index is 2110. The summed E-state index contributed by atoms with van der Waals surface area (Å²) in [6, 6.07) is 23.8. The lowest BCUT2D eigenvalue weighted by molar-refractivity contribution is 0.122. The van der Waals surface area contributed by atoms with E-state index in [1.165, 1.54) is 6.33 Å². The first-order valence-electron chi connectivity index (χ1n) is 17.4. The van der Waals surface area contributed by atoms with Crippen LogP contribution in [-0.4, -0.2) is 86.8 Å². The number of hydrogen-bond acceptors (Lipinski definition) is 12. The molecular weight excluding hydrogens is 696 g/mol. The molecule has 2 aliphatic heterocycles. The first kappa shape index (κ1) is 36.0. The third-order valence-corrected chi connectivity index (χ3v) is 9.36. The number of ether oxygens (including phenoxy) is 6. The second-order valence-electron chi connectivity index (χ2n) is 12.4. The zero-order valence-electron chi connectivity index (χ0n) is 29.7. The van der Waals surface area contributed by atoms with E-state index in [-0.39, 0.29) is 0 Å². The van der Waals surface area contributed by atoms with Gasteiger partial charge >= 0.3 is 0 Å². The largest absolute Gasteiger partial charge is 0.497 e. The van der Waals surface area contributed by atoms with E-state index < -0.39 is 0 Å². The molecule has 0 amide bonds. The highest BCUT2D eigenvalue weighted by atomic mass is 35.5. The van der Waals surface area contributed by atoms with Crippen molar-refractivity contribution in [2.24, 2.45) is 0 Å². The number of fused-ring (bicyclic) bond motifs is 2. The van der Waals surface area contributed by atoms with Gasteiger partial charge in [0.15, 0.2) is 0 Å². The minimum Gasteiger partial charge on any atom is -0.497 e. The van der Waals surface area contributed by atoms with Crippen LogP contribution >= 0.6 is 11.6 Å². The van der Waals surface area contributed by atoms with Gasteiger partial charge in [0.2, 0.25) is 0 Å². The van der Waals surface area contributed by atoms with Gasteiger partial charge in [0, 0.05) is 55.9 Å². The fraction of sp³-hybridized carbons (Fsp3) is 0.300. The summed E-state index contributed by atoms with van der Waals surface area (Å²) in [6.07, 6.45) is 4.84. The maximum atomic E-state index is 6.34. The molecule has 2 fully saturated rings. The minimum atomic E-state index is 0.387. The molecule has 0 saturated carbocycles. The van der Waals surface area contributed by atoms with Crippen LogP contribution in [0.5, 0.6) is 23.0 Å². The van der Waals surface area contributed by atoms with Crippen LogP contribution in [0.25, 0.3) is 21.8 Å². The van der Waals surface area contributed by atoms with Crippen LogP contribution in [0, 0.1) is 0 Å². The molecule has 2 aliphatic rings. The number of benzene rings is 4. The zero-order chi connectivity index (χ0) is 36.4. The Morgan fingerprint density at radius 3 is 1.70 bits per heavy atom. The fourth-order valence-electron chi connectivity index (χ4n) is 6.15. The summed E-state index contributed by atoms with van der Waals surface area (Å²) in [5.41, 5.74) is 5.91. The van der Waals surface area contributed by atoms with Crippen LogP contribution in [0.2, 0.25) is 5.15 Å². The van der Waals surface area contributed by atoms with Gasteiger partial charge in [-0.2, -0.15) is 0 Å². The third-order valence-electron chi connectivity index (χ3n) is 9.07. The van der Waals surface area contributed by atoms with Gasteiger partial charge in [0.25, 0.3) is 0 Å². The first-order valence-corrected chi connectivity index (χ1v) is 17.8. The van der Waals surface area contributed by atoms with E-state index in [2.05, 4.69) is 41.9 Å². The molecule has 0 atom stereocenters. The highest BCUT2D eigenvalue weighted by Crippen LogP contribution is 2.35. The number of halogens is 1. The Kier molecular flexibility index (Phi) is 11.8. The Labute approximate surface area is 313 Å². The molecule has 8 rings (SSSR count). The Morgan fingerprint density at radius 1 is 0.623 bits per heavy atom. The van der Waals surface area contributed by atoms with Gasteiger partial charge in [-0.25, -0.2) is 19.9 Å². The van der Waals surface area contributed by atoms with Gasteiger partial charge in [-0.3, -0.25) is 0 Å². The smallest absolute Gasteiger partial charge is 0.144 e. The quantitative estimate of drug-likeness (QED) is 0.139. The molecule has 0 aliphatic carbocycles. The van der Waals surface area contributed by atoms with Crippen molar-refractivity contribution in [3.63, 3.8) is 0 Å². The molecular formula is C40H41ClN6O6. The molecule has 274 valence electrons. The summed E-state index contributed by atoms with van der Waals surface area (Å²) < 4.78 is 33.6. The maximum Gasteiger partial charge on any atom is 0.144 e. The molecule has 2 aromatic heterocycles. The highest BCUT2D eigenvalue weighted by molar-refractivity contribution is 6.34. The van der Waals surface area contributed by atoms with E-state index in [9.17, 15) is 0 Å². The number of nitrogens with zero attached hydrogens (tertiary/aromatic N) is 6. The number of anilines is 2. The van der Waals surface area contributed by atoms with E-state index >= 15 is 0 Å². The molecule has 6 aromatic rings. The van der Waals surface area contributed by atoms with Crippen molar-refractivity contribution in [2.45, 2.75) is 13.2 Å². The van der Waals surface area contributed by atoms with E-state index in [4.69, 9.17) is 40.0 Å². The molecule has 4 aromatic carbocycles. The van der Waals surface area contributed by atoms with Crippen molar-refractivity contribution in [2.75, 3.05) is 76.6 Å². The fourth-order valence-corrected chi connectivity index (χ4v) is 6.38. The Hall–Kier alpha value is -5.43. The van der Waals surface area contributed by atoms with Crippen LogP contribution in [0.1, 0.15) is 11.1 Å². The van der Waals surface area contributed by atoms with E-state index in [1.54, 1.807) is 26.7 Å². The lowest BCUT2D eigenvalue weighted by Gasteiger charge is -2.29. The summed E-state index contributed by atoms with van der Waals surface area (Å²) >= 11 is 6.34. The van der Waals surface area contributed by atoms with Crippen molar-refractivity contribution in [3.05, 3.63) is 108 Å². The number of morpholine rings is 2. The van der Waals surface area contributed by atoms with Crippen molar-refractivity contribution in [1.82, 2.24) is 19.9 Å². The van der Waals surface area contributed by atoms with Crippen LogP contribution in [0.3, 0.4) is 0 Å². The molecule has 4 heterocycles. The second kappa shape index (κ2) is 17.4. The first-order chi connectivity index (χ1) is 26.1. The summed E-state index contributed by atoms with van der Waals surface area (Å²) in [5, 5.41) is 2.03. The van der Waals surface area contributed by atoms with E-state index in [0.717, 1.165) is 101 Å². The van der Waals surface area contributed by atoms with Crippen molar-refractivity contribution < 1.29 is 28.4 Å². The zero-order valence-corrected chi connectivity index (χ0v) is 30.5. The molecule has 2 saturated heterocycles. The van der Waals surface area contributed by atoms with Gasteiger partial charge in [-0.05, 0) is 47.5 Å². The summed E-state index contributed by atoms with van der Waals surface area (Å²) in [7, 11) is 3.31. The molecule has 12 nitrogen and oxygen atoms in total. The molecule has 0 spiro atoms. The van der Waals surface area contributed by atoms with Gasteiger partial charge in [0.1, 0.15) is 54.0 Å². The summed E-state index contributed by atoms with van der Waals surface area (Å²) in [4.78, 5) is 21.6. The number of rotatable bonds is 10. The standard InChI is InChI=1S/C20H20ClN3O3.C20H21N3O3/c1-25-16-4-2-14(3-5-16)12-27-18-11-15(24-6-8-26-9-7-24)10-17-19(18)20(21)23-13-22-17;1-24-17-4-2-15(3-5-17)13-26-20-11-16(23-6-8-25-9-7-23)10-19-18(20)12-21-14-22-19/h2-5,10-11,13H,6-9,12H2,1H3;2-5,10-12,14H,6-9,13H2,1H3. The highest BCUT2D eigenvalue weighted by Gasteiger charge is 2.18.